The maximum Gasteiger partial charge on any atom is 0.273 e. The Balaban J connectivity index is 2.90. The molecule has 1 rings (SSSR count). The van der Waals surface area contributed by atoms with Crippen molar-refractivity contribution in [1.29, 1.82) is 0 Å². The Labute approximate surface area is 114 Å². The fourth-order valence-corrected chi connectivity index (χ4v) is 1.64. The molecule has 6 heteroatoms. The second-order valence-corrected chi connectivity index (χ2v) is 5.64. The van der Waals surface area contributed by atoms with E-state index < -0.39 is 0 Å². The molecule has 6 nitrogen and oxygen atoms in total. The Morgan fingerprint density at radius 3 is 2.47 bits per heavy atom. The number of hydrogen-bond donors (Lipinski definition) is 1. The van der Waals surface area contributed by atoms with E-state index in [1.807, 2.05) is 25.8 Å². The first kappa shape index (κ1) is 15.4. The summed E-state index contributed by atoms with van der Waals surface area (Å²) in [6, 6.07) is 0. The highest BCUT2D eigenvalue weighted by atomic mass is 16.3. The molecule has 0 bridgehead atoms. The molecule has 1 heterocycles. The van der Waals surface area contributed by atoms with Gasteiger partial charge in [0.1, 0.15) is 11.5 Å². The molecule has 19 heavy (non-hydrogen) atoms. The van der Waals surface area contributed by atoms with Gasteiger partial charge in [-0.15, -0.1) is 0 Å². The Hall–Kier alpha value is -1.69. The van der Waals surface area contributed by atoms with Gasteiger partial charge in [-0.1, -0.05) is 13.8 Å². The van der Waals surface area contributed by atoms with E-state index in [9.17, 15) is 9.90 Å². The van der Waals surface area contributed by atoms with Crippen LogP contribution >= 0.6 is 0 Å². The topological polar surface area (TPSA) is 69.6 Å². The lowest BCUT2D eigenvalue weighted by molar-refractivity contribution is 0.0821. The molecular weight excluding hydrogens is 244 g/mol. The highest BCUT2D eigenvalue weighted by Gasteiger charge is 2.20. The average Bonchev–Trinajstić information content (AvgIpc) is 2.37. The van der Waals surface area contributed by atoms with Crippen LogP contribution in [0.5, 0.6) is 0 Å². The van der Waals surface area contributed by atoms with Gasteiger partial charge in [-0.25, -0.2) is 4.98 Å². The van der Waals surface area contributed by atoms with Gasteiger partial charge in [-0.05, 0) is 0 Å². The number of aliphatic hydroxyl groups excluding tert-OH is 1. The smallest absolute Gasteiger partial charge is 0.273 e. The number of anilines is 1. The third kappa shape index (κ3) is 4.17. The summed E-state index contributed by atoms with van der Waals surface area (Å²) < 4.78 is 0. The van der Waals surface area contributed by atoms with Crippen LogP contribution in [0.1, 0.15) is 24.3 Å². The molecule has 0 aliphatic rings. The van der Waals surface area contributed by atoms with E-state index in [1.54, 1.807) is 20.3 Å². The van der Waals surface area contributed by atoms with Crippen molar-refractivity contribution in [2.45, 2.75) is 13.8 Å². The first-order valence-corrected chi connectivity index (χ1v) is 6.12. The molecule has 1 N–H and O–H groups in total. The first-order chi connectivity index (χ1) is 8.76. The third-order valence-corrected chi connectivity index (χ3v) is 2.73. The van der Waals surface area contributed by atoms with Gasteiger partial charge < -0.3 is 14.9 Å². The molecule has 0 unspecified atom stereocenters. The van der Waals surface area contributed by atoms with Crippen LogP contribution < -0.4 is 4.90 Å². The van der Waals surface area contributed by atoms with Crippen LogP contribution in [0.3, 0.4) is 0 Å². The first-order valence-electron chi connectivity index (χ1n) is 6.12. The zero-order valence-electron chi connectivity index (χ0n) is 12.2. The molecule has 0 saturated heterocycles. The molecule has 0 radical (unpaired) electrons. The van der Waals surface area contributed by atoms with Gasteiger partial charge in [-0.3, -0.25) is 9.78 Å². The largest absolute Gasteiger partial charge is 0.396 e. The summed E-state index contributed by atoms with van der Waals surface area (Å²) in [5.41, 5.74) is 0.0778. The number of amides is 1. The lowest BCUT2D eigenvalue weighted by atomic mass is 9.94. The minimum absolute atomic E-state index is 0.0844. The summed E-state index contributed by atoms with van der Waals surface area (Å²) in [5.74, 6) is 0.443. The van der Waals surface area contributed by atoms with E-state index in [4.69, 9.17) is 0 Å². The van der Waals surface area contributed by atoms with Crippen LogP contribution in [0.15, 0.2) is 12.4 Å². The average molecular weight is 266 g/mol. The van der Waals surface area contributed by atoms with E-state index in [1.165, 1.54) is 11.1 Å². The minimum Gasteiger partial charge on any atom is -0.396 e. The van der Waals surface area contributed by atoms with Gasteiger partial charge in [0.05, 0.1) is 12.4 Å². The molecule has 0 aliphatic heterocycles. The molecule has 0 aliphatic carbocycles. The van der Waals surface area contributed by atoms with Gasteiger partial charge in [0.25, 0.3) is 5.91 Å². The summed E-state index contributed by atoms with van der Waals surface area (Å²) in [6.07, 6.45) is 3.07. The van der Waals surface area contributed by atoms with Crippen molar-refractivity contribution in [1.82, 2.24) is 14.9 Å². The van der Waals surface area contributed by atoms with Crippen molar-refractivity contribution in [3.63, 3.8) is 0 Å². The summed E-state index contributed by atoms with van der Waals surface area (Å²) in [6.45, 7) is 4.64. The Morgan fingerprint density at radius 2 is 1.95 bits per heavy atom. The molecule has 0 saturated carbocycles. The molecule has 0 aromatic carbocycles. The number of rotatable bonds is 5. The van der Waals surface area contributed by atoms with Crippen molar-refractivity contribution in [3.8, 4) is 0 Å². The maximum atomic E-state index is 11.8. The van der Waals surface area contributed by atoms with Crippen LogP contribution in [-0.4, -0.2) is 60.2 Å². The molecule has 0 atom stereocenters. The highest BCUT2D eigenvalue weighted by Crippen LogP contribution is 2.18. The summed E-state index contributed by atoms with van der Waals surface area (Å²) >= 11 is 0. The molecule has 1 aromatic heterocycles. The van der Waals surface area contributed by atoms with E-state index in [0.29, 0.717) is 18.1 Å². The predicted molar refractivity (Wildman–Crippen MR) is 74.2 cm³/mol. The summed E-state index contributed by atoms with van der Waals surface area (Å²) in [5, 5.41) is 9.28. The lowest BCUT2D eigenvalue weighted by Crippen LogP contribution is -2.34. The van der Waals surface area contributed by atoms with E-state index in [0.717, 1.165) is 0 Å². The molecule has 1 amide bonds. The quantitative estimate of drug-likeness (QED) is 0.846. The van der Waals surface area contributed by atoms with Crippen molar-refractivity contribution < 1.29 is 9.90 Å². The van der Waals surface area contributed by atoms with Crippen molar-refractivity contribution in [2.75, 3.05) is 39.2 Å². The van der Waals surface area contributed by atoms with Crippen LogP contribution in [0, 0.1) is 5.41 Å². The maximum absolute atomic E-state index is 11.8. The number of hydrogen-bond acceptors (Lipinski definition) is 5. The number of aromatic nitrogens is 2. The Bertz CT molecular complexity index is 446. The highest BCUT2D eigenvalue weighted by molar-refractivity contribution is 5.91. The third-order valence-electron chi connectivity index (χ3n) is 2.73. The zero-order chi connectivity index (χ0) is 14.6. The summed E-state index contributed by atoms with van der Waals surface area (Å²) in [4.78, 5) is 23.5. The molecule has 106 valence electrons. The number of carbonyl (C=O) groups is 1. The number of aliphatic hydroxyl groups is 1. The normalized spacial score (nSPS) is 11.3. The van der Waals surface area contributed by atoms with Crippen LogP contribution in [0.2, 0.25) is 0 Å². The van der Waals surface area contributed by atoms with E-state index >= 15 is 0 Å². The SMILES string of the molecule is CN(C)C(=O)c1cncc(N(C)CC(C)(C)CO)n1. The fourth-order valence-electron chi connectivity index (χ4n) is 1.64. The van der Waals surface area contributed by atoms with Crippen molar-refractivity contribution in [3.05, 3.63) is 18.1 Å². The monoisotopic (exact) mass is 266 g/mol. The van der Waals surface area contributed by atoms with Gasteiger partial charge in [0.2, 0.25) is 0 Å². The predicted octanol–water partition coefficient (Wildman–Crippen LogP) is 0.633. The van der Waals surface area contributed by atoms with Crippen LogP contribution in [0.25, 0.3) is 0 Å². The molecule has 0 fully saturated rings. The second-order valence-electron chi connectivity index (χ2n) is 5.64. The number of carbonyl (C=O) groups excluding carboxylic acids is 1. The van der Waals surface area contributed by atoms with E-state index in [2.05, 4.69) is 9.97 Å². The summed E-state index contributed by atoms with van der Waals surface area (Å²) in [7, 11) is 5.22. The second kappa shape index (κ2) is 5.97. The fraction of sp³-hybridized carbons (Fsp3) is 0.615. The van der Waals surface area contributed by atoms with Crippen molar-refractivity contribution >= 4 is 11.7 Å². The zero-order valence-corrected chi connectivity index (χ0v) is 12.2. The molecule has 1 aromatic rings. The van der Waals surface area contributed by atoms with Gasteiger partial charge in [0.15, 0.2) is 0 Å². The van der Waals surface area contributed by atoms with Gasteiger partial charge in [-0.2, -0.15) is 0 Å². The van der Waals surface area contributed by atoms with Crippen molar-refractivity contribution in [2.24, 2.45) is 5.41 Å². The Morgan fingerprint density at radius 1 is 1.32 bits per heavy atom. The van der Waals surface area contributed by atoms with E-state index in [-0.39, 0.29) is 17.9 Å². The van der Waals surface area contributed by atoms with Crippen LogP contribution in [0.4, 0.5) is 5.82 Å². The van der Waals surface area contributed by atoms with Gasteiger partial charge in [0, 0.05) is 39.7 Å². The van der Waals surface area contributed by atoms with Crippen LogP contribution in [-0.2, 0) is 0 Å². The molecule has 0 spiro atoms. The molecular formula is C13H22N4O2. The minimum atomic E-state index is -0.238. The van der Waals surface area contributed by atoms with Gasteiger partial charge >= 0.3 is 0 Å². The Kier molecular flexibility index (Phi) is 4.83. The standard InChI is InChI=1S/C13H22N4O2/c1-13(2,9-18)8-17(5)11-7-14-6-10(15-11)12(19)16(3)4/h6-7,18H,8-9H2,1-5H3. The lowest BCUT2D eigenvalue weighted by Gasteiger charge is -2.29. The number of nitrogens with zero attached hydrogens (tertiary/aromatic N) is 4.